The SMILES string of the molecule is [C-]#[N+]C1=C([N+]#[C-])c2c(C#N)c3c(c(C#N)c2/C1=C(\C#N)[N+]#[C-])/C(=C(/C#N)[N+]#[C-])C(C#N)=C3C#N. The van der Waals surface area contributed by atoms with Crippen LogP contribution < -0.4 is 0 Å². The molecule has 3 rings (SSSR count). The quantitative estimate of drug-likeness (QED) is 0.447. The number of hydrogen-bond donors (Lipinski definition) is 0. The summed E-state index contributed by atoms with van der Waals surface area (Å²) in [6.07, 6.45) is 0. The van der Waals surface area contributed by atoms with Gasteiger partial charge in [-0.05, 0) is 16.7 Å². The highest BCUT2D eigenvalue weighted by molar-refractivity contribution is 6.16. The van der Waals surface area contributed by atoms with Gasteiger partial charge in [0.15, 0.2) is 5.70 Å². The number of benzene rings is 1. The molecule has 0 aromatic heterocycles. The molecule has 0 atom stereocenters. The van der Waals surface area contributed by atoms with Crippen LogP contribution in [-0.2, 0) is 0 Å². The fraction of sp³-hybridized carbons (Fsp3) is 0. The molecule has 2 aliphatic carbocycles. The molecule has 0 amide bonds. The lowest BCUT2D eigenvalue weighted by molar-refractivity contribution is 1.37. The summed E-state index contributed by atoms with van der Waals surface area (Å²) in [7, 11) is 0. The van der Waals surface area contributed by atoms with Crippen molar-refractivity contribution in [3.8, 4) is 36.4 Å². The number of nitriles is 6. The van der Waals surface area contributed by atoms with Gasteiger partial charge in [0.05, 0.1) is 72.8 Å². The van der Waals surface area contributed by atoms with E-state index in [2.05, 4.69) is 19.4 Å². The van der Waals surface area contributed by atoms with Crippen molar-refractivity contribution in [2.45, 2.75) is 0 Å². The molecule has 1 aromatic carbocycles. The van der Waals surface area contributed by atoms with E-state index in [1.807, 2.05) is 12.1 Å². The highest BCUT2D eigenvalue weighted by atomic mass is 14.8. The van der Waals surface area contributed by atoms with Crippen LogP contribution in [0.5, 0.6) is 0 Å². The van der Waals surface area contributed by atoms with Crippen molar-refractivity contribution in [2.75, 3.05) is 0 Å². The molecular formula is C24N10. The molecule has 0 bridgehead atoms. The molecule has 0 saturated carbocycles. The number of hydrogen-bond acceptors (Lipinski definition) is 6. The van der Waals surface area contributed by atoms with Crippen LogP contribution in [0.25, 0.3) is 41.8 Å². The molecule has 0 aliphatic heterocycles. The van der Waals surface area contributed by atoms with Crippen molar-refractivity contribution in [3.63, 3.8) is 0 Å². The first-order chi connectivity index (χ1) is 16.5. The van der Waals surface area contributed by atoms with Crippen molar-refractivity contribution >= 4 is 22.4 Å². The Morgan fingerprint density at radius 1 is 0.529 bits per heavy atom. The van der Waals surface area contributed by atoms with Gasteiger partial charge in [-0.15, -0.1) is 0 Å². The molecule has 0 heterocycles. The minimum atomic E-state index is -0.624. The first-order valence-corrected chi connectivity index (χ1v) is 8.63. The van der Waals surface area contributed by atoms with Crippen molar-refractivity contribution in [1.82, 2.24) is 0 Å². The van der Waals surface area contributed by atoms with Crippen LogP contribution >= 0.6 is 0 Å². The highest BCUT2D eigenvalue weighted by Gasteiger charge is 2.42. The molecule has 34 heavy (non-hydrogen) atoms. The van der Waals surface area contributed by atoms with Gasteiger partial charge < -0.3 is 0 Å². The molecule has 1 aromatic rings. The van der Waals surface area contributed by atoms with Crippen molar-refractivity contribution in [2.24, 2.45) is 0 Å². The van der Waals surface area contributed by atoms with Gasteiger partial charge in [-0.3, -0.25) is 4.85 Å². The largest absolute Gasteiger partial charge is 0.270 e. The van der Waals surface area contributed by atoms with Crippen LogP contribution in [0.15, 0.2) is 22.7 Å². The predicted octanol–water partition coefficient (Wildman–Crippen LogP) is 4.07. The van der Waals surface area contributed by atoms with Crippen molar-refractivity contribution in [1.29, 1.82) is 31.6 Å². The van der Waals surface area contributed by atoms with Gasteiger partial charge in [-0.1, -0.05) is 0 Å². The average molecular weight is 428 g/mol. The lowest BCUT2D eigenvalue weighted by Crippen LogP contribution is -2.04. The zero-order valence-electron chi connectivity index (χ0n) is 16.5. The van der Waals surface area contributed by atoms with Crippen LogP contribution in [-0.4, -0.2) is 0 Å². The second-order valence-electron chi connectivity index (χ2n) is 6.26. The van der Waals surface area contributed by atoms with E-state index in [1.54, 1.807) is 24.3 Å². The molecule has 0 N–H and O–H groups in total. The number of allylic oxidation sites excluding steroid dienone is 6. The first-order valence-electron chi connectivity index (χ1n) is 8.63. The Hall–Kier alpha value is -6.92. The molecule has 0 unspecified atom stereocenters. The third kappa shape index (κ3) is 2.45. The van der Waals surface area contributed by atoms with Crippen LogP contribution in [0, 0.1) is 94.3 Å². The molecular weight excluding hydrogens is 428 g/mol. The second kappa shape index (κ2) is 8.07. The summed E-state index contributed by atoms with van der Waals surface area (Å²) in [5.41, 5.74) is -5.18. The predicted molar refractivity (Wildman–Crippen MR) is 112 cm³/mol. The molecule has 10 heteroatoms. The minimum absolute atomic E-state index is 0.224. The topological polar surface area (TPSA) is 160 Å². The lowest BCUT2D eigenvalue weighted by atomic mass is 9.84. The number of nitrogens with zero attached hydrogens (tertiary/aromatic N) is 10. The Morgan fingerprint density at radius 2 is 1.00 bits per heavy atom. The van der Waals surface area contributed by atoms with Gasteiger partial charge in [0, 0.05) is 16.7 Å². The van der Waals surface area contributed by atoms with E-state index in [1.165, 1.54) is 0 Å². The van der Waals surface area contributed by atoms with E-state index in [-0.39, 0.29) is 50.1 Å². The van der Waals surface area contributed by atoms with Gasteiger partial charge in [0.25, 0.3) is 11.4 Å². The summed E-state index contributed by atoms with van der Waals surface area (Å²) in [6.45, 7) is 29.8. The normalized spacial score (nSPS) is 15.2. The maximum Gasteiger partial charge on any atom is 0.270 e. The van der Waals surface area contributed by atoms with Gasteiger partial charge in [0.1, 0.15) is 12.1 Å². The number of rotatable bonds is 0. The Kier molecular flexibility index (Phi) is 5.17. The van der Waals surface area contributed by atoms with Crippen molar-refractivity contribution < 1.29 is 0 Å². The summed E-state index contributed by atoms with van der Waals surface area (Å²) in [5, 5.41) is 58.6. The second-order valence-corrected chi connectivity index (χ2v) is 6.26. The summed E-state index contributed by atoms with van der Waals surface area (Å²) < 4.78 is 0. The van der Waals surface area contributed by atoms with E-state index in [0.29, 0.717) is 0 Å². The molecule has 0 saturated heterocycles. The highest BCUT2D eigenvalue weighted by Crippen LogP contribution is 2.55. The van der Waals surface area contributed by atoms with Gasteiger partial charge in [-0.2, -0.15) is 21.0 Å². The summed E-state index contributed by atoms with van der Waals surface area (Å²) in [5.74, 6) is 0. The first kappa shape index (κ1) is 21.8. The molecule has 2 aliphatic rings. The molecule has 0 radical (unpaired) electrons. The van der Waals surface area contributed by atoms with Crippen LogP contribution in [0.4, 0.5) is 0 Å². The Morgan fingerprint density at radius 3 is 1.41 bits per heavy atom. The monoisotopic (exact) mass is 428 g/mol. The van der Waals surface area contributed by atoms with E-state index in [0.717, 1.165) is 0 Å². The van der Waals surface area contributed by atoms with Crippen LogP contribution in [0.1, 0.15) is 33.4 Å². The summed E-state index contributed by atoms with van der Waals surface area (Å²) in [4.78, 5) is 12.8. The zero-order chi connectivity index (χ0) is 25.2. The molecule has 146 valence electrons. The molecule has 10 nitrogen and oxygen atoms in total. The van der Waals surface area contributed by atoms with Crippen LogP contribution in [0.3, 0.4) is 0 Å². The van der Waals surface area contributed by atoms with Crippen molar-refractivity contribution in [3.05, 3.63) is 102 Å². The van der Waals surface area contributed by atoms with Gasteiger partial charge >= 0.3 is 0 Å². The van der Waals surface area contributed by atoms with E-state index in [9.17, 15) is 31.6 Å². The van der Waals surface area contributed by atoms with E-state index >= 15 is 0 Å². The minimum Gasteiger partial charge on any atom is -0.251 e. The van der Waals surface area contributed by atoms with Gasteiger partial charge in [0.2, 0.25) is 5.70 Å². The third-order valence-corrected chi connectivity index (χ3v) is 5.03. The third-order valence-electron chi connectivity index (χ3n) is 5.03. The Labute approximate surface area is 192 Å². The lowest BCUT2D eigenvalue weighted by Gasteiger charge is -2.16. The summed E-state index contributed by atoms with van der Waals surface area (Å²) in [6, 6.07) is 10.4. The molecule has 0 spiro atoms. The average Bonchev–Trinajstić information content (AvgIpc) is 3.37. The fourth-order valence-electron chi connectivity index (χ4n) is 3.87. The Bertz CT molecular complexity index is 1680. The molecule has 0 fully saturated rings. The summed E-state index contributed by atoms with van der Waals surface area (Å²) >= 11 is 0. The zero-order valence-corrected chi connectivity index (χ0v) is 16.5. The van der Waals surface area contributed by atoms with E-state index < -0.39 is 28.4 Å². The standard InChI is InChI=1S/C24N10/c1-31-15(9-29)18-12(6-26)11(5-25)17-13(7-27)21-20(14(8-28)19(17)18)22(16(10-30)32-2)24(34-4)23(21)33-3/b18-15-,22-16-. The Balaban J connectivity index is 2.89. The fourth-order valence-corrected chi connectivity index (χ4v) is 3.87. The smallest absolute Gasteiger partial charge is 0.251 e. The maximum atomic E-state index is 10.1. The van der Waals surface area contributed by atoms with Gasteiger partial charge in [-0.25, -0.2) is 25.1 Å². The maximum absolute atomic E-state index is 10.1. The van der Waals surface area contributed by atoms with E-state index in [4.69, 9.17) is 26.3 Å². The number of fused-ring (bicyclic) bond motifs is 2. The van der Waals surface area contributed by atoms with Crippen LogP contribution in [0.2, 0.25) is 0 Å².